The van der Waals surface area contributed by atoms with E-state index in [9.17, 15) is 9.90 Å². The summed E-state index contributed by atoms with van der Waals surface area (Å²) in [7, 11) is 0. The Morgan fingerprint density at radius 2 is 2.08 bits per heavy atom. The molecular formula is C20H35NO4. The van der Waals surface area contributed by atoms with Crippen LogP contribution < -0.4 is 5.32 Å². The van der Waals surface area contributed by atoms with Crippen LogP contribution in [0.5, 0.6) is 0 Å². The first-order valence-corrected chi connectivity index (χ1v) is 9.98. The first kappa shape index (κ1) is 20.2. The van der Waals surface area contributed by atoms with Crippen molar-refractivity contribution in [3.8, 4) is 0 Å². The van der Waals surface area contributed by atoms with Crippen molar-refractivity contribution < 1.29 is 19.4 Å². The highest BCUT2D eigenvalue weighted by atomic mass is 16.7. The summed E-state index contributed by atoms with van der Waals surface area (Å²) in [6.07, 6.45) is 8.87. The van der Waals surface area contributed by atoms with Crippen molar-refractivity contribution in [3.05, 3.63) is 11.8 Å². The largest absolute Gasteiger partial charge is 0.459 e. The summed E-state index contributed by atoms with van der Waals surface area (Å²) in [4.78, 5) is 12.7. The lowest BCUT2D eigenvalue weighted by Gasteiger charge is -2.38. The maximum atomic E-state index is 12.7. The predicted octanol–water partition coefficient (Wildman–Crippen LogP) is 3.37. The van der Waals surface area contributed by atoms with Crippen LogP contribution in [0.4, 0.5) is 0 Å². The molecule has 1 fully saturated rings. The molecule has 1 aliphatic carbocycles. The fourth-order valence-corrected chi connectivity index (χ4v) is 4.03. The van der Waals surface area contributed by atoms with Gasteiger partial charge in [0.15, 0.2) is 5.76 Å². The van der Waals surface area contributed by atoms with E-state index in [4.69, 9.17) is 9.47 Å². The molecule has 0 aromatic rings. The van der Waals surface area contributed by atoms with Crippen LogP contribution in [0.15, 0.2) is 11.8 Å². The number of rotatable bonds is 8. The fourth-order valence-electron chi connectivity index (χ4n) is 4.03. The van der Waals surface area contributed by atoms with Crippen LogP contribution >= 0.6 is 0 Å². The van der Waals surface area contributed by atoms with Crippen molar-refractivity contribution in [1.29, 1.82) is 0 Å². The maximum absolute atomic E-state index is 12.7. The highest BCUT2D eigenvalue weighted by Gasteiger charge is 2.38. The molecule has 1 aliphatic heterocycles. The summed E-state index contributed by atoms with van der Waals surface area (Å²) in [5.74, 6) is 1.06. The van der Waals surface area contributed by atoms with Crippen molar-refractivity contribution in [1.82, 2.24) is 5.32 Å². The van der Waals surface area contributed by atoms with Crippen LogP contribution in [0.3, 0.4) is 0 Å². The third kappa shape index (κ3) is 5.71. The quantitative estimate of drug-likeness (QED) is 0.702. The van der Waals surface area contributed by atoms with Crippen molar-refractivity contribution in [2.75, 3.05) is 13.2 Å². The molecule has 0 radical (unpaired) electrons. The van der Waals surface area contributed by atoms with Crippen LogP contribution in [0, 0.1) is 17.8 Å². The van der Waals surface area contributed by atoms with Gasteiger partial charge in [-0.05, 0) is 50.5 Å². The molecule has 0 spiro atoms. The number of carbonyl (C=O) groups is 1. The average molecular weight is 354 g/mol. The summed E-state index contributed by atoms with van der Waals surface area (Å²) >= 11 is 0. The molecule has 2 N–H and O–H groups in total. The number of hydrogen-bond donors (Lipinski definition) is 2. The smallest absolute Gasteiger partial charge is 0.286 e. The van der Waals surface area contributed by atoms with Gasteiger partial charge in [0.2, 0.25) is 6.29 Å². The second-order valence-corrected chi connectivity index (χ2v) is 7.63. The minimum atomic E-state index is -0.416. The topological polar surface area (TPSA) is 67.8 Å². The van der Waals surface area contributed by atoms with Crippen molar-refractivity contribution >= 4 is 5.91 Å². The number of allylic oxidation sites excluding steroid dienone is 1. The molecule has 2 aliphatic rings. The molecule has 1 saturated carbocycles. The second-order valence-electron chi connectivity index (χ2n) is 7.63. The Bertz CT molecular complexity index is 443. The van der Waals surface area contributed by atoms with E-state index in [0.29, 0.717) is 18.3 Å². The molecule has 25 heavy (non-hydrogen) atoms. The van der Waals surface area contributed by atoms with E-state index in [2.05, 4.69) is 19.2 Å². The Morgan fingerprint density at radius 3 is 2.68 bits per heavy atom. The van der Waals surface area contributed by atoms with E-state index in [1.165, 1.54) is 19.3 Å². The highest BCUT2D eigenvalue weighted by Crippen LogP contribution is 2.37. The summed E-state index contributed by atoms with van der Waals surface area (Å²) in [6.45, 7) is 6.98. The van der Waals surface area contributed by atoms with Crippen LogP contribution in [-0.4, -0.2) is 36.6 Å². The number of carbonyl (C=O) groups excluding carboxylic acids is 1. The minimum absolute atomic E-state index is 0.108. The van der Waals surface area contributed by atoms with Gasteiger partial charge in [0, 0.05) is 25.2 Å². The van der Waals surface area contributed by atoms with Gasteiger partial charge in [-0.25, -0.2) is 0 Å². The lowest BCUT2D eigenvalue weighted by atomic mass is 9.78. The average Bonchev–Trinajstić information content (AvgIpc) is 2.61. The lowest BCUT2D eigenvalue weighted by molar-refractivity contribution is -0.175. The normalized spacial score (nSPS) is 27.7. The monoisotopic (exact) mass is 353 g/mol. The van der Waals surface area contributed by atoms with E-state index >= 15 is 0 Å². The Kier molecular flexibility index (Phi) is 8.24. The number of aliphatic hydroxyl groups is 1. The summed E-state index contributed by atoms with van der Waals surface area (Å²) < 4.78 is 11.8. The second kappa shape index (κ2) is 10.2. The Labute approximate surface area is 152 Å². The molecule has 1 heterocycles. The van der Waals surface area contributed by atoms with E-state index in [-0.39, 0.29) is 30.4 Å². The van der Waals surface area contributed by atoms with Gasteiger partial charge in [-0.2, -0.15) is 0 Å². The summed E-state index contributed by atoms with van der Waals surface area (Å²) in [5.41, 5.74) is 0. The first-order chi connectivity index (χ1) is 12.1. The Morgan fingerprint density at radius 1 is 1.36 bits per heavy atom. The highest BCUT2D eigenvalue weighted by molar-refractivity contribution is 5.91. The number of hydrogen-bond acceptors (Lipinski definition) is 4. The molecule has 0 aromatic carbocycles. The van der Waals surface area contributed by atoms with Gasteiger partial charge in [0.05, 0.1) is 0 Å². The molecule has 5 heteroatoms. The standard InChI is InChI=1S/C20H35NO4/c1-4-24-20-16(11-8-12-22)17(14(2)3)13-18(25-20)19(23)21-15-9-6-5-7-10-15/h13-17,20,22H,4-12H2,1-3H3,(H,21,23)/t16-,17-,20-/m0/s1. The molecule has 0 aromatic heterocycles. The number of amides is 1. The van der Waals surface area contributed by atoms with Crippen molar-refractivity contribution in [2.45, 2.75) is 78.0 Å². The third-order valence-corrected chi connectivity index (χ3v) is 5.39. The van der Waals surface area contributed by atoms with Crippen LogP contribution in [0.25, 0.3) is 0 Å². The maximum Gasteiger partial charge on any atom is 0.286 e. The summed E-state index contributed by atoms with van der Waals surface area (Å²) in [5, 5.41) is 12.3. The molecule has 5 nitrogen and oxygen atoms in total. The zero-order valence-electron chi connectivity index (χ0n) is 16.0. The summed E-state index contributed by atoms with van der Waals surface area (Å²) in [6, 6.07) is 0.265. The predicted molar refractivity (Wildman–Crippen MR) is 97.7 cm³/mol. The molecule has 3 atom stereocenters. The van der Waals surface area contributed by atoms with Crippen molar-refractivity contribution in [3.63, 3.8) is 0 Å². The number of nitrogens with one attached hydrogen (secondary N) is 1. The lowest BCUT2D eigenvalue weighted by Crippen LogP contribution is -2.43. The molecule has 1 amide bonds. The first-order valence-electron chi connectivity index (χ1n) is 9.98. The van der Waals surface area contributed by atoms with Gasteiger partial charge in [0.25, 0.3) is 5.91 Å². The minimum Gasteiger partial charge on any atom is -0.459 e. The van der Waals surface area contributed by atoms with Gasteiger partial charge in [0.1, 0.15) is 0 Å². The SMILES string of the molecule is CCO[C@H]1OC(C(=O)NC2CCCCC2)=C[C@@H](C(C)C)[C@@H]1CCCO. The number of aliphatic hydroxyl groups excluding tert-OH is 1. The molecule has 0 unspecified atom stereocenters. The Balaban J connectivity index is 2.11. The van der Waals surface area contributed by atoms with Gasteiger partial charge in [-0.1, -0.05) is 33.1 Å². The van der Waals surface area contributed by atoms with E-state index < -0.39 is 6.29 Å². The molecule has 2 rings (SSSR count). The molecule has 0 saturated heterocycles. The molecule has 0 bridgehead atoms. The van der Waals surface area contributed by atoms with E-state index in [1.807, 2.05) is 13.0 Å². The zero-order chi connectivity index (χ0) is 18.2. The van der Waals surface area contributed by atoms with Crippen LogP contribution in [0.2, 0.25) is 0 Å². The van der Waals surface area contributed by atoms with E-state index in [1.54, 1.807) is 0 Å². The van der Waals surface area contributed by atoms with Gasteiger partial charge < -0.3 is 19.9 Å². The fraction of sp³-hybridized carbons (Fsp3) is 0.850. The van der Waals surface area contributed by atoms with Gasteiger partial charge in [-0.15, -0.1) is 0 Å². The van der Waals surface area contributed by atoms with Gasteiger partial charge in [-0.3, -0.25) is 4.79 Å². The van der Waals surface area contributed by atoms with Crippen LogP contribution in [0.1, 0.15) is 65.7 Å². The van der Waals surface area contributed by atoms with Crippen molar-refractivity contribution in [2.24, 2.45) is 17.8 Å². The van der Waals surface area contributed by atoms with E-state index in [0.717, 1.165) is 25.7 Å². The van der Waals surface area contributed by atoms with Crippen LogP contribution in [-0.2, 0) is 14.3 Å². The molecule has 144 valence electrons. The third-order valence-electron chi connectivity index (χ3n) is 5.39. The number of ether oxygens (including phenoxy) is 2. The van der Waals surface area contributed by atoms with Gasteiger partial charge >= 0.3 is 0 Å². The zero-order valence-corrected chi connectivity index (χ0v) is 16.0. The Hall–Kier alpha value is -1.07. The molecular weight excluding hydrogens is 318 g/mol.